The predicted molar refractivity (Wildman–Crippen MR) is 77.8 cm³/mol. The van der Waals surface area contributed by atoms with Gasteiger partial charge in [0.15, 0.2) is 0 Å². The molecule has 0 amide bonds. The van der Waals surface area contributed by atoms with Gasteiger partial charge in [0.25, 0.3) is 0 Å². The molecule has 1 unspecified atom stereocenters. The molecule has 90 valence electrons. The fraction of sp³-hybridized carbons (Fsp3) is 0.176. The number of fused-ring (bicyclic) bond motifs is 1. The van der Waals surface area contributed by atoms with Crippen LogP contribution in [0.2, 0.25) is 0 Å². The lowest BCUT2D eigenvalue weighted by atomic mass is 9.97. The third kappa shape index (κ3) is 2.04. The molecule has 0 saturated carbocycles. The molecule has 0 aromatic heterocycles. The topological polar surface area (TPSA) is 12.0 Å². The summed E-state index contributed by atoms with van der Waals surface area (Å²) < 4.78 is 0. The van der Waals surface area contributed by atoms with Crippen LogP contribution in [0.5, 0.6) is 0 Å². The van der Waals surface area contributed by atoms with Crippen molar-refractivity contribution in [3.63, 3.8) is 0 Å². The molecule has 0 radical (unpaired) electrons. The summed E-state index contributed by atoms with van der Waals surface area (Å²) in [5.41, 5.74) is 6.44. The zero-order valence-corrected chi connectivity index (χ0v) is 10.8. The highest BCUT2D eigenvalue weighted by atomic mass is 14.9. The molecule has 0 bridgehead atoms. The summed E-state index contributed by atoms with van der Waals surface area (Å²) in [5.74, 6) is 0. The van der Waals surface area contributed by atoms with Crippen molar-refractivity contribution in [3.05, 3.63) is 70.8 Å². The molecular weight excluding hydrogens is 218 g/mol. The van der Waals surface area contributed by atoms with Crippen LogP contribution in [0.1, 0.15) is 28.3 Å². The average Bonchev–Trinajstić information content (AvgIpc) is 2.37. The van der Waals surface area contributed by atoms with Gasteiger partial charge in [-0.25, -0.2) is 0 Å². The summed E-state index contributed by atoms with van der Waals surface area (Å²) in [7, 11) is 0. The zero-order chi connectivity index (χ0) is 12.5. The largest absolute Gasteiger partial charge is 0.374 e. The van der Waals surface area contributed by atoms with Crippen molar-refractivity contribution in [2.45, 2.75) is 19.9 Å². The SMILES string of the molecule is Cc1cc(C)cc(C2C=Cc3ccccc3N2)c1. The van der Waals surface area contributed by atoms with Crippen molar-refractivity contribution in [1.29, 1.82) is 0 Å². The van der Waals surface area contributed by atoms with Crippen LogP contribution in [-0.2, 0) is 0 Å². The number of anilines is 1. The van der Waals surface area contributed by atoms with Gasteiger partial charge in [0.05, 0.1) is 6.04 Å². The summed E-state index contributed by atoms with van der Waals surface area (Å²) in [4.78, 5) is 0. The minimum Gasteiger partial charge on any atom is -0.374 e. The maximum Gasteiger partial charge on any atom is 0.0701 e. The first kappa shape index (κ1) is 11.1. The van der Waals surface area contributed by atoms with Crippen molar-refractivity contribution < 1.29 is 0 Å². The van der Waals surface area contributed by atoms with Gasteiger partial charge in [-0.2, -0.15) is 0 Å². The van der Waals surface area contributed by atoms with Gasteiger partial charge < -0.3 is 5.32 Å². The van der Waals surface area contributed by atoms with Crippen molar-refractivity contribution >= 4 is 11.8 Å². The number of nitrogens with one attached hydrogen (secondary N) is 1. The van der Waals surface area contributed by atoms with E-state index in [4.69, 9.17) is 0 Å². The molecule has 1 heteroatoms. The number of para-hydroxylation sites is 1. The van der Waals surface area contributed by atoms with Gasteiger partial charge in [0.2, 0.25) is 0 Å². The minimum atomic E-state index is 0.276. The number of rotatable bonds is 1. The second-order valence-corrected chi connectivity index (χ2v) is 4.99. The molecule has 1 aliphatic heterocycles. The molecule has 1 nitrogen and oxygen atoms in total. The van der Waals surface area contributed by atoms with Crippen LogP contribution in [0.25, 0.3) is 6.08 Å². The van der Waals surface area contributed by atoms with Crippen molar-refractivity contribution in [2.75, 3.05) is 5.32 Å². The van der Waals surface area contributed by atoms with Crippen molar-refractivity contribution in [1.82, 2.24) is 0 Å². The van der Waals surface area contributed by atoms with Crippen LogP contribution >= 0.6 is 0 Å². The lowest BCUT2D eigenvalue weighted by molar-refractivity contribution is 0.972. The number of hydrogen-bond donors (Lipinski definition) is 1. The lowest BCUT2D eigenvalue weighted by Crippen LogP contribution is -2.12. The lowest BCUT2D eigenvalue weighted by Gasteiger charge is -2.23. The van der Waals surface area contributed by atoms with E-state index in [0.717, 1.165) is 0 Å². The molecule has 1 aliphatic rings. The molecule has 1 N–H and O–H groups in total. The normalized spacial score (nSPS) is 17.1. The molecule has 18 heavy (non-hydrogen) atoms. The molecule has 0 fully saturated rings. The first-order valence-electron chi connectivity index (χ1n) is 6.34. The summed E-state index contributed by atoms with van der Waals surface area (Å²) >= 11 is 0. The molecule has 0 saturated heterocycles. The molecule has 3 rings (SSSR count). The Hall–Kier alpha value is -2.02. The van der Waals surface area contributed by atoms with E-state index in [0.29, 0.717) is 0 Å². The van der Waals surface area contributed by atoms with E-state index in [9.17, 15) is 0 Å². The van der Waals surface area contributed by atoms with E-state index < -0.39 is 0 Å². The molecule has 2 aromatic rings. The Kier molecular flexibility index (Phi) is 2.67. The Bertz CT molecular complexity index is 591. The summed E-state index contributed by atoms with van der Waals surface area (Å²) in [6.07, 6.45) is 4.44. The maximum atomic E-state index is 3.58. The summed E-state index contributed by atoms with van der Waals surface area (Å²) in [6.45, 7) is 4.30. The van der Waals surface area contributed by atoms with Gasteiger partial charge in [0, 0.05) is 5.69 Å². The Balaban J connectivity index is 1.97. The van der Waals surface area contributed by atoms with E-state index in [1.54, 1.807) is 0 Å². The van der Waals surface area contributed by atoms with Gasteiger partial charge in [-0.3, -0.25) is 0 Å². The van der Waals surface area contributed by atoms with E-state index >= 15 is 0 Å². The third-order valence-electron chi connectivity index (χ3n) is 3.34. The standard InChI is InChI=1S/C17H17N/c1-12-9-13(2)11-15(10-12)17-8-7-14-5-3-4-6-16(14)18-17/h3-11,17-18H,1-2H3. The van der Waals surface area contributed by atoms with Gasteiger partial charge in [-0.1, -0.05) is 59.7 Å². The molecule has 0 aliphatic carbocycles. The molecular formula is C17H17N. The highest BCUT2D eigenvalue weighted by Gasteiger charge is 2.14. The monoisotopic (exact) mass is 235 g/mol. The number of benzene rings is 2. The number of aryl methyl sites for hydroxylation is 2. The summed E-state index contributed by atoms with van der Waals surface area (Å²) in [6, 6.07) is 15.4. The first-order valence-corrected chi connectivity index (χ1v) is 6.34. The third-order valence-corrected chi connectivity index (χ3v) is 3.34. The summed E-state index contributed by atoms with van der Waals surface area (Å²) in [5, 5.41) is 3.58. The Labute approximate surface area is 108 Å². The fourth-order valence-electron chi connectivity index (χ4n) is 2.57. The molecule has 0 spiro atoms. The Morgan fingerprint density at radius 1 is 0.944 bits per heavy atom. The second-order valence-electron chi connectivity index (χ2n) is 4.99. The van der Waals surface area contributed by atoms with E-state index in [1.165, 1.54) is 27.9 Å². The average molecular weight is 235 g/mol. The minimum absolute atomic E-state index is 0.276. The highest BCUT2D eigenvalue weighted by molar-refractivity contribution is 5.71. The van der Waals surface area contributed by atoms with Crippen LogP contribution in [0.4, 0.5) is 5.69 Å². The maximum absolute atomic E-state index is 3.58. The fourth-order valence-corrected chi connectivity index (χ4v) is 2.57. The van der Waals surface area contributed by atoms with Gasteiger partial charge in [-0.05, 0) is 31.0 Å². The van der Waals surface area contributed by atoms with Crippen molar-refractivity contribution in [2.24, 2.45) is 0 Å². The quantitative estimate of drug-likeness (QED) is 0.768. The van der Waals surface area contributed by atoms with Gasteiger partial charge in [-0.15, -0.1) is 0 Å². The first-order chi connectivity index (χ1) is 8.72. The van der Waals surface area contributed by atoms with Gasteiger partial charge >= 0.3 is 0 Å². The number of hydrogen-bond acceptors (Lipinski definition) is 1. The van der Waals surface area contributed by atoms with Crippen molar-refractivity contribution in [3.8, 4) is 0 Å². The van der Waals surface area contributed by atoms with E-state index in [-0.39, 0.29) is 6.04 Å². The smallest absolute Gasteiger partial charge is 0.0701 e. The predicted octanol–water partition coefficient (Wildman–Crippen LogP) is 4.48. The Morgan fingerprint density at radius 3 is 2.44 bits per heavy atom. The highest BCUT2D eigenvalue weighted by Crippen LogP contribution is 2.30. The van der Waals surface area contributed by atoms with Crippen LogP contribution in [-0.4, -0.2) is 0 Å². The van der Waals surface area contributed by atoms with Crippen LogP contribution in [0, 0.1) is 13.8 Å². The van der Waals surface area contributed by atoms with E-state index in [2.05, 4.69) is 73.8 Å². The molecule has 1 heterocycles. The van der Waals surface area contributed by atoms with Gasteiger partial charge in [0.1, 0.15) is 0 Å². The zero-order valence-electron chi connectivity index (χ0n) is 10.8. The molecule has 1 atom stereocenters. The Morgan fingerprint density at radius 2 is 1.67 bits per heavy atom. The second kappa shape index (κ2) is 4.34. The van der Waals surface area contributed by atoms with E-state index in [1.807, 2.05) is 0 Å². The van der Waals surface area contributed by atoms with Crippen LogP contribution in [0.3, 0.4) is 0 Å². The molecule has 2 aromatic carbocycles. The van der Waals surface area contributed by atoms with Crippen LogP contribution in [0.15, 0.2) is 48.5 Å². The van der Waals surface area contributed by atoms with Crippen LogP contribution < -0.4 is 5.32 Å².